The normalized spacial score (nSPS) is 19.0. The van der Waals surface area contributed by atoms with Gasteiger partial charge in [0, 0.05) is 59.8 Å². The number of aliphatic hydroxyl groups is 1. The van der Waals surface area contributed by atoms with Gasteiger partial charge >= 0.3 is 11.9 Å². The number of carboxylic acids is 2. The molecule has 12 N–H and O–H groups in total. The number of thioether (sulfide) groups is 1. The zero-order chi connectivity index (χ0) is 65.8. The molecule has 0 aliphatic carbocycles. The highest BCUT2D eigenvalue weighted by molar-refractivity contribution is 14.1. The maximum absolute atomic E-state index is 14.5. The molecule has 86 heavy (non-hydrogen) atoms. The second-order valence-corrected chi connectivity index (χ2v) is 28.5. The molecule has 1 fully saturated rings. The van der Waals surface area contributed by atoms with Crippen molar-refractivity contribution in [3.63, 3.8) is 0 Å². The first-order chi connectivity index (χ1) is 40.3. The minimum Gasteiger partial charge on any atom is -0.481 e. The van der Waals surface area contributed by atoms with Gasteiger partial charge in [0.05, 0.1) is 51.5 Å². The number of carboxylic acid groups (broad SMARTS) is 2. The molecule has 1 aliphatic rings. The summed E-state index contributed by atoms with van der Waals surface area (Å²) in [5.41, 5.74) is 5.80. The van der Waals surface area contributed by atoms with Crippen LogP contribution in [0.3, 0.4) is 0 Å². The number of alkyl halides is 1. The molecule has 1 heterocycles. The van der Waals surface area contributed by atoms with Crippen molar-refractivity contribution in [2.24, 2.45) is 29.4 Å². The number of aliphatic hydroxyl groups excluding tert-OH is 1. The molecule has 27 heteroatoms. The largest absolute Gasteiger partial charge is 0.481 e. The van der Waals surface area contributed by atoms with E-state index >= 15 is 0 Å². The van der Waals surface area contributed by atoms with Crippen LogP contribution in [0.15, 0.2) is 0 Å². The number of unbranched alkanes of at least 4 members (excludes halogenated alkanes) is 3. The molecule has 1 saturated heterocycles. The summed E-state index contributed by atoms with van der Waals surface area (Å²) in [6, 6.07) is -7.84. The third kappa shape index (κ3) is 26.3. The van der Waals surface area contributed by atoms with E-state index in [-0.39, 0.29) is 55.0 Å². The van der Waals surface area contributed by atoms with Crippen molar-refractivity contribution >= 4 is 93.5 Å². The van der Waals surface area contributed by atoms with Crippen LogP contribution in [-0.2, 0) is 57.4 Å². The molecule has 25 nitrogen and oxygen atoms in total. The van der Waals surface area contributed by atoms with Crippen LogP contribution >= 0.6 is 34.4 Å². The summed E-state index contributed by atoms with van der Waals surface area (Å²) in [4.78, 5) is 138. The first-order valence-electron chi connectivity index (χ1n) is 30.6. The first-order valence-corrected chi connectivity index (χ1v) is 32.5. The Labute approximate surface area is 528 Å². The summed E-state index contributed by atoms with van der Waals surface area (Å²) in [6.45, 7) is 19.8. The van der Waals surface area contributed by atoms with Crippen molar-refractivity contribution in [3.05, 3.63) is 0 Å². The molecular formula is C59H107IN10O15S. The lowest BCUT2D eigenvalue weighted by Gasteiger charge is -2.41. The van der Waals surface area contributed by atoms with E-state index in [1.807, 2.05) is 48.5 Å². The number of amides is 8. The minimum absolute atomic E-state index is 0.0317. The molecule has 0 radical (unpaired) electrons. The molecule has 0 aromatic rings. The lowest BCUT2D eigenvalue weighted by molar-refractivity contribution is -0.148. The second-order valence-electron chi connectivity index (χ2n) is 23.6. The standard InChI is InChI=1S/C59H107IN10O15S/c1-16-19-20-21-23-35(7)48(62-12)55(79)67-47(33(4)5)57(81)69(13)50(34(6)18-3)42(84-14)29-45(73)70-28-22-24-41(70)51(85-15)37(9)52(76)68-49(38(10)71)56(80)66-39(25-26-46(74)75)54(78)64-36(8)32-63-53(77)40(31-61)65-44(72)30-43(58(82)83)86-59(11,60)27-17-2/h33-43,47-51,62,71H,16-32,61H2,1-15H3,(H,63,77)(H,64,78)(H,65,72)(H,66,80)(H,67,79)(H,68,76)(H,74,75)(H,82,83)/t34-,35?,36+,37+,38?,39-,40-,41-,42+,43?,47-,48-,49-,50-,51?,59?/m0/s1. The smallest absolute Gasteiger partial charge is 0.317 e. The fourth-order valence-corrected chi connectivity index (χ4v) is 13.6. The highest BCUT2D eigenvalue weighted by Crippen LogP contribution is 2.41. The van der Waals surface area contributed by atoms with E-state index in [4.69, 9.17) is 15.2 Å². The Morgan fingerprint density at radius 3 is 1.91 bits per heavy atom. The topological polar surface area (TPSA) is 367 Å². The number of carbonyl (C=O) groups excluding carboxylic acids is 8. The molecular weight excluding hydrogens is 1250 g/mol. The van der Waals surface area contributed by atoms with Gasteiger partial charge in [0.25, 0.3) is 0 Å². The maximum Gasteiger partial charge on any atom is 0.317 e. The van der Waals surface area contributed by atoms with Gasteiger partial charge in [-0.2, -0.15) is 0 Å². The first kappa shape index (κ1) is 79.6. The molecule has 5 unspecified atom stereocenters. The predicted molar refractivity (Wildman–Crippen MR) is 339 cm³/mol. The number of nitrogens with zero attached hydrogens (tertiary/aromatic N) is 2. The fraction of sp³-hybridized carbons (Fsp3) is 0.831. The number of hydrogen-bond acceptors (Lipinski definition) is 16. The molecule has 0 bridgehead atoms. The molecule has 16 atom stereocenters. The number of likely N-dealkylation sites (N-methyl/N-ethyl adjacent to an activating group) is 2. The Morgan fingerprint density at radius 2 is 1.38 bits per heavy atom. The number of rotatable bonds is 43. The monoisotopic (exact) mass is 1350 g/mol. The van der Waals surface area contributed by atoms with Gasteiger partial charge in [-0.3, -0.25) is 47.9 Å². The van der Waals surface area contributed by atoms with Gasteiger partial charge < -0.3 is 77.5 Å². The maximum atomic E-state index is 14.5. The molecule has 0 aromatic carbocycles. The van der Waals surface area contributed by atoms with Crippen LogP contribution in [0.4, 0.5) is 0 Å². The number of nitrogens with one attached hydrogen (secondary N) is 7. The van der Waals surface area contributed by atoms with Crippen molar-refractivity contribution in [1.29, 1.82) is 0 Å². The number of carbonyl (C=O) groups is 10. The van der Waals surface area contributed by atoms with Crippen LogP contribution in [0.25, 0.3) is 0 Å². The number of hydrogen-bond donors (Lipinski definition) is 11. The third-order valence-electron chi connectivity index (χ3n) is 16.1. The van der Waals surface area contributed by atoms with Gasteiger partial charge in [-0.1, -0.05) is 117 Å². The van der Waals surface area contributed by atoms with E-state index in [1.54, 1.807) is 30.8 Å². The highest BCUT2D eigenvalue weighted by atomic mass is 127. The van der Waals surface area contributed by atoms with Crippen LogP contribution in [0.1, 0.15) is 166 Å². The third-order valence-corrected chi connectivity index (χ3v) is 18.7. The summed E-state index contributed by atoms with van der Waals surface area (Å²) in [5.74, 6) is -8.82. The molecule has 496 valence electrons. The number of likely N-dealkylation sites (tertiary alicyclic amines) is 1. The van der Waals surface area contributed by atoms with E-state index in [0.29, 0.717) is 32.2 Å². The second kappa shape index (κ2) is 40.3. The Morgan fingerprint density at radius 1 is 0.756 bits per heavy atom. The van der Waals surface area contributed by atoms with Gasteiger partial charge in [-0.15, -0.1) is 11.8 Å². The summed E-state index contributed by atoms with van der Waals surface area (Å²) in [5, 5.41) is 48.0. The van der Waals surface area contributed by atoms with Crippen LogP contribution in [0, 0.1) is 23.7 Å². The van der Waals surface area contributed by atoms with Crippen LogP contribution in [0.2, 0.25) is 0 Å². The lowest BCUT2D eigenvalue weighted by atomic mass is 9.89. The van der Waals surface area contributed by atoms with Crippen molar-refractivity contribution in [2.75, 3.05) is 47.9 Å². The molecule has 1 aliphatic heterocycles. The summed E-state index contributed by atoms with van der Waals surface area (Å²) in [7, 11) is 6.29. The van der Waals surface area contributed by atoms with Crippen LogP contribution < -0.4 is 43.0 Å². The molecule has 0 aromatic heterocycles. The summed E-state index contributed by atoms with van der Waals surface area (Å²) < 4.78 is 11.5. The minimum atomic E-state index is -1.66. The van der Waals surface area contributed by atoms with Gasteiger partial charge in [0.15, 0.2) is 0 Å². The van der Waals surface area contributed by atoms with Crippen LogP contribution in [0.5, 0.6) is 0 Å². The van der Waals surface area contributed by atoms with Gasteiger partial charge in [-0.25, -0.2) is 0 Å². The number of nitrogens with two attached hydrogens (primary N) is 1. The Bertz CT molecular complexity index is 2180. The zero-order valence-corrected chi connectivity index (χ0v) is 56.7. The van der Waals surface area contributed by atoms with Crippen molar-refractivity contribution in [2.45, 2.75) is 241 Å². The van der Waals surface area contributed by atoms with Gasteiger partial charge in [0.2, 0.25) is 47.3 Å². The van der Waals surface area contributed by atoms with Gasteiger partial charge in [-0.05, 0) is 77.7 Å². The Balaban J connectivity index is 3.24. The Kier molecular flexibility index (Phi) is 37.3. The quantitative estimate of drug-likeness (QED) is 0.0237. The highest BCUT2D eigenvalue weighted by Gasteiger charge is 2.44. The van der Waals surface area contributed by atoms with Crippen molar-refractivity contribution in [1.82, 2.24) is 47.0 Å². The SMILES string of the molecule is CCCCCCC(C)[C@H](NC)C(=O)N[C@H](C(=O)N(C)[C@@H]([C@@H](C)CC)[C@@H](CC(=O)N1CCC[C@H]1C(OC)[C@@H](C)C(=O)N[C@H](C(=O)N[C@@H](CCC(=O)O)C(=O)N[C@H](C)CNC(=O)[C@H](CN)NC(=O)CC(SC(C)(I)CCC)C(=O)O)C(C)O)OC)C(C)C. The number of ether oxygens (including phenoxy) is 2. The molecule has 0 saturated carbocycles. The number of methoxy groups -OCH3 is 2. The van der Waals surface area contributed by atoms with Crippen molar-refractivity contribution < 1.29 is 72.7 Å². The van der Waals surface area contributed by atoms with E-state index < -0.39 is 141 Å². The lowest BCUT2D eigenvalue weighted by Crippen LogP contribution is -2.60. The van der Waals surface area contributed by atoms with E-state index in [1.165, 1.54) is 28.1 Å². The fourth-order valence-electron chi connectivity index (χ4n) is 10.9. The average molecular weight is 1360 g/mol. The molecule has 1 rings (SSSR count). The van der Waals surface area contributed by atoms with E-state index in [2.05, 4.69) is 66.7 Å². The average Bonchev–Trinajstić information content (AvgIpc) is 4.14. The zero-order valence-electron chi connectivity index (χ0n) is 53.8. The molecule has 0 spiro atoms. The predicted octanol–water partition coefficient (Wildman–Crippen LogP) is 3.05. The van der Waals surface area contributed by atoms with Gasteiger partial charge in [0.1, 0.15) is 29.4 Å². The van der Waals surface area contributed by atoms with E-state index in [0.717, 1.165) is 50.3 Å². The van der Waals surface area contributed by atoms with E-state index in [9.17, 15) is 63.3 Å². The van der Waals surface area contributed by atoms with Crippen molar-refractivity contribution in [3.8, 4) is 0 Å². The summed E-state index contributed by atoms with van der Waals surface area (Å²) >= 11 is 3.28. The summed E-state index contributed by atoms with van der Waals surface area (Å²) in [6.07, 6.45) is 3.57. The molecule has 8 amide bonds. The number of halogens is 1. The number of aliphatic carboxylic acids is 2. The van der Waals surface area contributed by atoms with Crippen LogP contribution in [-0.4, -0.2) is 207 Å². The Hall–Kier alpha value is -4.42.